The minimum absolute atomic E-state index is 0.103. The Labute approximate surface area is 142 Å². The number of carbonyl (C=O) groups is 2. The third-order valence-corrected chi connectivity index (χ3v) is 4.15. The number of carboxylic acid groups (broad SMARTS) is 1. The van der Waals surface area contributed by atoms with E-state index in [2.05, 4.69) is 0 Å². The van der Waals surface area contributed by atoms with Crippen molar-refractivity contribution in [2.75, 3.05) is 0 Å². The number of rotatable bonds is 5. The fourth-order valence-corrected chi connectivity index (χ4v) is 2.59. The van der Waals surface area contributed by atoms with Crippen molar-refractivity contribution >= 4 is 46.6 Å². The monoisotopic (exact) mass is 356 g/mol. The quantitative estimate of drug-likeness (QED) is 0.733. The van der Waals surface area contributed by atoms with Gasteiger partial charge in [0, 0.05) is 22.6 Å². The summed E-state index contributed by atoms with van der Waals surface area (Å²) in [6, 6.07) is 9.90. The first-order chi connectivity index (χ1) is 10.4. The van der Waals surface area contributed by atoms with Gasteiger partial charge in [-0.3, -0.25) is 9.59 Å². The molecule has 0 spiro atoms. The predicted octanol–water partition coefficient (Wildman–Crippen LogP) is 5.36. The van der Waals surface area contributed by atoms with E-state index in [1.54, 1.807) is 30.3 Å². The van der Waals surface area contributed by atoms with Crippen molar-refractivity contribution < 1.29 is 14.7 Å². The molecule has 0 aromatic heterocycles. The topological polar surface area (TPSA) is 54.4 Å². The lowest BCUT2D eigenvalue weighted by Gasteiger charge is -2.12. The Morgan fingerprint density at radius 2 is 1.55 bits per heavy atom. The molecule has 2 aromatic carbocycles. The van der Waals surface area contributed by atoms with Gasteiger partial charge in [-0.25, -0.2) is 0 Å². The minimum atomic E-state index is -1.03. The van der Waals surface area contributed by atoms with Crippen molar-refractivity contribution in [3.05, 3.63) is 57.0 Å². The van der Waals surface area contributed by atoms with E-state index in [4.69, 9.17) is 39.9 Å². The predicted molar refractivity (Wildman–Crippen MR) is 88.1 cm³/mol. The number of carbonyl (C=O) groups excluding carboxylic acids is 1. The van der Waals surface area contributed by atoms with Crippen molar-refractivity contribution in [1.29, 1.82) is 0 Å². The fraction of sp³-hybridized carbons (Fsp3) is 0.125. The number of halogens is 3. The summed E-state index contributed by atoms with van der Waals surface area (Å²) in [7, 11) is 0. The first-order valence-corrected chi connectivity index (χ1v) is 7.52. The molecule has 0 fully saturated rings. The summed E-state index contributed by atoms with van der Waals surface area (Å²) < 4.78 is 0. The molecule has 114 valence electrons. The van der Waals surface area contributed by atoms with Gasteiger partial charge in [0.1, 0.15) is 0 Å². The summed E-state index contributed by atoms with van der Waals surface area (Å²) in [5.41, 5.74) is 1.52. The van der Waals surface area contributed by atoms with E-state index in [1.807, 2.05) is 0 Å². The van der Waals surface area contributed by atoms with Gasteiger partial charge in [0.25, 0.3) is 0 Å². The summed E-state index contributed by atoms with van der Waals surface area (Å²) in [5, 5.41) is 9.84. The molecule has 0 heterocycles. The number of Topliss-reactive ketones (excluding diaryl/α,β-unsaturated/α-hetero) is 1. The molecule has 0 aliphatic heterocycles. The summed E-state index contributed by atoms with van der Waals surface area (Å²) in [6.45, 7) is 0. The molecular formula is C16H11Cl3O3. The minimum Gasteiger partial charge on any atom is -0.481 e. The van der Waals surface area contributed by atoms with Crippen LogP contribution in [0.1, 0.15) is 23.2 Å². The molecule has 0 saturated heterocycles. The molecule has 2 rings (SSSR count). The van der Waals surface area contributed by atoms with Crippen LogP contribution in [0.2, 0.25) is 15.1 Å². The van der Waals surface area contributed by atoms with Crippen LogP contribution in [0.5, 0.6) is 0 Å². The highest BCUT2D eigenvalue weighted by molar-refractivity contribution is 6.44. The van der Waals surface area contributed by atoms with Crippen LogP contribution in [0.15, 0.2) is 36.4 Å². The molecule has 0 amide bonds. The third kappa shape index (κ3) is 3.80. The van der Waals surface area contributed by atoms with E-state index < -0.39 is 5.97 Å². The average Bonchev–Trinajstić information content (AvgIpc) is 2.48. The molecule has 0 radical (unpaired) electrons. The Morgan fingerprint density at radius 1 is 0.909 bits per heavy atom. The first-order valence-electron chi connectivity index (χ1n) is 6.39. The van der Waals surface area contributed by atoms with E-state index in [9.17, 15) is 9.59 Å². The van der Waals surface area contributed by atoms with E-state index >= 15 is 0 Å². The number of carboxylic acids is 1. The number of hydrogen-bond donors (Lipinski definition) is 1. The number of benzene rings is 2. The Morgan fingerprint density at radius 3 is 2.14 bits per heavy atom. The van der Waals surface area contributed by atoms with Crippen molar-refractivity contribution in [3.8, 4) is 11.1 Å². The zero-order valence-corrected chi connectivity index (χ0v) is 13.5. The second-order valence-electron chi connectivity index (χ2n) is 4.61. The molecule has 0 unspecified atom stereocenters. The van der Waals surface area contributed by atoms with E-state index in [0.717, 1.165) is 0 Å². The van der Waals surface area contributed by atoms with E-state index in [0.29, 0.717) is 26.7 Å². The maximum Gasteiger partial charge on any atom is 0.303 e. The van der Waals surface area contributed by atoms with E-state index in [1.165, 1.54) is 6.07 Å². The highest BCUT2D eigenvalue weighted by atomic mass is 35.5. The van der Waals surface area contributed by atoms with Crippen LogP contribution in [0, 0.1) is 0 Å². The molecule has 6 heteroatoms. The Bertz CT molecular complexity index is 724. The van der Waals surface area contributed by atoms with Crippen LogP contribution in [-0.2, 0) is 4.79 Å². The van der Waals surface area contributed by atoms with Gasteiger partial charge in [-0.15, -0.1) is 0 Å². The number of aliphatic carboxylic acids is 1. The fourth-order valence-electron chi connectivity index (χ4n) is 2.04. The van der Waals surface area contributed by atoms with Gasteiger partial charge < -0.3 is 5.11 Å². The number of ketones is 1. The zero-order chi connectivity index (χ0) is 16.3. The second-order valence-corrected chi connectivity index (χ2v) is 5.83. The molecule has 0 saturated carbocycles. The largest absolute Gasteiger partial charge is 0.481 e. The molecule has 1 N–H and O–H groups in total. The van der Waals surface area contributed by atoms with Crippen molar-refractivity contribution in [3.63, 3.8) is 0 Å². The van der Waals surface area contributed by atoms with Crippen LogP contribution in [-0.4, -0.2) is 16.9 Å². The molecule has 0 bridgehead atoms. The highest BCUT2D eigenvalue weighted by Crippen LogP contribution is 2.37. The normalized spacial score (nSPS) is 10.5. The summed E-state index contributed by atoms with van der Waals surface area (Å²) in [4.78, 5) is 22.9. The summed E-state index contributed by atoms with van der Waals surface area (Å²) in [6.07, 6.45) is -0.340. The van der Waals surface area contributed by atoms with Crippen molar-refractivity contribution in [2.24, 2.45) is 0 Å². The van der Waals surface area contributed by atoms with Gasteiger partial charge in [0.2, 0.25) is 0 Å². The number of hydrogen-bond acceptors (Lipinski definition) is 2. The third-order valence-electron chi connectivity index (χ3n) is 3.09. The van der Waals surface area contributed by atoms with E-state index in [-0.39, 0.29) is 23.6 Å². The smallest absolute Gasteiger partial charge is 0.303 e. The molecule has 3 nitrogen and oxygen atoms in total. The highest BCUT2D eigenvalue weighted by Gasteiger charge is 2.18. The van der Waals surface area contributed by atoms with Crippen molar-refractivity contribution in [2.45, 2.75) is 12.8 Å². The zero-order valence-electron chi connectivity index (χ0n) is 11.3. The molecule has 0 atom stereocenters. The SMILES string of the molecule is O=C(O)CCC(=O)c1ccc(Cl)c(Cl)c1-c1ccc(Cl)cc1. The molecule has 2 aromatic rings. The van der Waals surface area contributed by atoms with Gasteiger partial charge >= 0.3 is 5.97 Å². The van der Waals surface area contributed by atoms with Crippen LogP contribution < -0.4 is 0 Å². The molecule has 22 heavy (non-hydrogen) atoms. The average molecular weight is 358 g/mol. The van der Waals surface area contributed by atoms with Gasteiger partial charge in [0.05, 0.1) is 16.5 Å². The van der Waals surface area contributed by atoms with Crippen LogP contribution >= 0.6 is 34.8 Å². The second kappa shape index (κ2) is 7.14. The van der Waals surface area contributed by atoms with Gasteiger partial charge in [-0.2, -0.15) is 0 Å². The van der Waals surface area contributed by atoms with Crippen molar-refractivity contribution in [1.82, 2.24) is 0 Å². The lowest BCUT2D eigenvalue weighted by molar-refractivity contribution is -0.136. The molecule has 0 aliphatic carbocycles. The standard InChI is InChI=1S/C16H11Cl3O3/c17-10-3-1-9(2-4-10)15-11(5-6-12(18)16(15)19)13(20)7-8-14(21)22/h1-6H,7-8H2,(H,21,22). The summed E-state index contributed by atoms with van der Waals surface area (Å²) in [5.74, 6) is -1.33. The maximum atomic E-state index is 12.3. The molecule has 0 aliphatic rings. The Kier molecular flexibility index (Phi) is 5.46. The van der Waals surface area contributed by atoms with Crippen LogP contribution in [0.25, 0.3) is 11.1 Å². The van der Waals surface area contributed by atoms with Crippen LogP contribution in [0.3, 0.4) is 0 Å². The van der Waals surface area contributed by atoms with Gasteiger partial charge in [0.15, 0.2) is 5.78 Å². The Hall–Kier alpha value is -1.55. The molecular weight excluding hydrogens is 347 g/mol. The van der Waals surface area contributed by atoms with Crippen LogP contribution in [0.4, 0.5) is 0 Å². The summed E-state index contributed by atoms with van der Waals surface area (Å²) >= 11 is 18.1. The Balaban J connectivity index is 2.50. The lowest BCUT2D eigenvalue weighted by atomic mass is 9.95. The van der Waals surface area contributed by atoms with Gasteiger partial charge in [-0.1, -0.05) is 46.9 Å². The first kappa shape index (κ1) is 16.8. The maximum absolute atomic E-state index is 12.3. The lowest BCUT2D eigenvalue weighted by Crippen LogP contribution is -2.06. The van der Waals surface area contributed by atoms with Gasteiger partial charge in [-0.05, 0) is 29.8 Å².